The van der Waals surface area contributed by atoms with Gasteiger partial charge in [0.15, 0.2) is 0 Å². The van der Waals surface area contributed by atoms with E-state index in [-0.39, 0.29) is 0 Å². The lowest BCUT2D eigenvalue weighted by Gasteiger charge is -2.05. The molecule has 3 nitrogen and oxygen atoms in total. The van der Waals surface area contributed by atoms with Gasteiger partial charge in [0.25, 0.3) is 0 Å². The van der Waals surface area contributed by atoms with E-state index in [0.29, 0.717) is 0 Å². The molecule has 0 aliphatic carbocycles. The first-order valence-electron chi connectivity index (χ1n) is 4.64. The Morgan fingerprint density at radius 2 is 2.13 bits per heavy atom. The third-order valence-corrected chi connectivity index (χ3v) is 2.82. The molecule has 1 N–H and O–H groups in total. The maximum absolute atomic E-state index is 5.08. The molecule has 0 saturated heterocycles. The highest BCUT2D eigenvalue weighted by Gasteiger charge is 1.95. The zero-order chi connectivity index (χ0) is 10.5. The average Bonchev–Trinajstić information content (AvgIpc) is 2.80. The molecule has 0 aliphatic heterocycles. The predicted octanol–water partition coefficient (Wildman–Crippen LogP) is 2.76. The number of rotatable bonds is 4. The van der Waals surface area contributed by atoms with Gasteiger partial charge in [0, 0.05) is 16.8 Å². The van der Waals surface area contributed by atoms with Crippen molar-refractivity contribution in [2.45, 2.75) is 6.54 Å². The molecule has 78 valence electrons. The number of benzene rings is 1. The quantitative estimate of drug-likeness (QED) is 0.860. The molecule has 15 heavy (non-hydrogen) atoms. The highest BCUT2D eigenvalue weighted by atomic mass is 32.1. The Balaban J connectivity index is 1.93. The normalized spacial score (nSPS) is 9.93. The molecule has 0 spiro atoms. The molecule has 0 saturated carbocycles. The van der Waals surface area contributed by atoms with E-state index in [1.54, 1.807) is 18.4 Å². The Labute approximate surface area is 92.7 Å². The van der Waals surface area contributed by atoms with E-state index in [9.17, 15) is 0 Å². The molecule has 0 fully saturated rings. The van der Waals surface area contributed by atoms with Gasteiger partial charge in [-0.3, -0.25) is 4.98 Å². The van der Waals surface area contributed by atoms with E-state index in [1.807, 2.05) is 36.0 Å². The van der Waals surface area contributed by atoms with Crippen LogP contribution in [0.25, 0.3) is 0 Å². The van der Waals surface area contributed by atoms with Crippen molar-refractivity contribution in [3.8, 4) is 5.75 Å². The predicted molar refractivity (Wildman–Crippen MR) is 62.4 cm³/mol. The summed E-state index contributed by atoms with van der Waals surface area (Å²) in [5, 5.41) is 3.31. The summed E-state index contributed by atoms with van der Waals surface area (Å²) in [4.78, 5) is 5.25. The molecule has 1 heterocycles. The standard InChI is InChI=1S/C11H12N2OS/c1-14-10-4-2-9(3-5-10)13-7-11-6-12-8-15-11/h2-6,8,13H,7H2,1H3. The first-order valence-corrected chi connectivity index (χ1v) is 5.52. The van der Waals surface area contributed by atoms with E-state index in [1.165, 1.54) is 4.88 Å². The summed E-state index contributed by atoms with van der Waals surface area (Å²) < 4.78 is 5.08. The summed E-state index contributed by atoms with van der Waals surface area (Å²) in [7, 11) is 1.67. The molecule has 2 aromatic rings. The third-order valence-electron chi connectivity index (χ3n) is 2.04. The third kappa shape index (κ3) is 2.70. The molecule has 1 aromatic carbocycles. The monoisotopic (exact) mass is 220 g/mol. The molecule has 1 aromatic heterocycles. The average molecular weight is 220 g/mol. The summed E-state index contributed by atoms with van der Waals surface area (Å²) in [5.41, 5.74) is 2.93. The van der Waals surface area contributed by atoms with Crippen LogP contribution in [0.4, 0.5) is 5.69 Å². The number of ether oxygens (including phenoxy) is 1. The second-order valence-corrected chi connectivity index (χ2v) is 4.02. The Morgan fingerprint density at radius 3 is 2.73 bits per heavy atom. The smallest absolute Gasteiger partial charge is 0.119 e. The minimum atomic E-state index is 0.816. The summed E-state index contributed by atoms with van der Waals surface area (Å²) >= 11 is 1.65. The van der Waals surface area contributed by atoms with Crippen LogP contribution in [0, 0.1) is 0 Å². The van der Waals surface area contributed by atoms with Crippen LogP contribution in [-0.4, -0.2) is 12.1 Å². The maximum Gasteiger partial charge on any atom is 0.119 e. The number of hydrogen-bond donors (Lipinski definition) is 1. The second-order valence-electron chi connectivity index (χ2n) is 3.05. The van der Waals surface area contributed by atoms with E-state index in [2.05, 4.69) is 10.3 Å². The molecule has 0 radical (unpaired) electrons. The lowest BCUT2D eigenvalue weighted by Crippen LogP contribution is -1.96. The van der Waals surface area contributed by atoms with Crippen molar-refractivity contribution in [1.29, 1.82) is 0 Å². The Bertz CT molecular complexity index is 397. The topological polar surface area (TPSA) is 34.1 Å². The van der Waals surface area contributed by atoms with Gasteiger partial charge in [0.05, 0.1) is 19.2 Å². The number of hydrogen-bond acceptors (Lipinski definition) is 4. The second kappa shape index (κ2) is 4.79. The number of thiazole rings is 1. The summed E-state index contributed by atoms with van der Waals surface area (Å²) in [5.74, 6) is 0.873. The number of methoxy groups -OCH3 is 1. The summed E-state index contributed by atoms with van der Waals surface area (Å²) in [6, 6.07) is 7.88. The number of nitrogens with one attached hydrogen (secondary N) is 1. The van der Waals surface area contributed by atoms with Gasteiger partial charge in [-0.05, 0) is 24.3 Å². The fourth-order valence-corrected chi connectivity index (χ4v) is 1.76. The van der Waals surface area contributed by atoms with Crippen LogP contribution in [0.1, 0.15) is 4.88 Å². The van der Waals surface area contributed by atoms with Crippen LogP contribution < -0.4 is 10.1 Å². The molecule has 2 rings (SSSR count). The molecule has 4 heteroatoms. The van der Waals surface area contributed by atoms with Crippen LogP contribution >= 0.6 is 11.3 Å². The number of nitrogens with zero attached hydrogens (tertiary/aromatic N) is 1. The highest BCUT2D eigenvalue weighted by molar-refractivity contribution is 7.09. The number of aromatic nitrogens is 1. The van der Waals surface area contributed by atoms with E-state index < -0.39 is 0 Å². The lowest BCUT2D eigenvalue weighted by atomic mass is 10.3. The zero-order valence-electron chi connectivity index (χ0n) is 8.43. The molecule has 0 unspecified atom stereocenters. The SMILES string of the molecule is COc1ccc(NCc2cncs2)cc1. The molecule has 0 atom stereocenters. The fraction of sp³-hybridized carbons (Fsp3) is 0.182. The first kappa shape index (κ1) is 9.98. The molecular formula is C11H12N2OS. The summed E-state index contributed by atoms with van der Waals surface area (Å²) in [6.07, 6.45) is 1.88. The van der Waals surface area contributed by atoms with Crippen LogP contribution in [0.2, 0.25) is 0 Å². The van der Waals surface area contributed by atoms with E-state index in [0.717, 1.165) is 18.0 Å². The van der Waals surface area contributed by atoms with Gasteiger partial charge in [-0.25, -0.2) is 0 Å². The van der Waals surface area contributed by atoms with Gasteiger partial charge < -0.3 is 10.1 Å². The lowest BCUT2D eigenvalue weighted by molar-refractivity contribution is 0.415. The van der Waals surface area contributed by atoms with Crippen molar-refractivity contribution in [3.05, 3.63) is 40.8 Å². The zero-order valence-corrected chi connectivity index (χ0v) is 9.25. The fourth-order valence-electron chi connectivity index (χ4n) is 1.23. The maximum atomic E-state index is 5.08. The summed E-state index contributed by atoms with van der Waals surface area (Å²) in [6.45, 7) is 0.816. The van der Waals surface area contributed by atoms with Crippen molar-refractivity contribution < 1.29 is 4.74 Å². The minimum Gasteiger partial charge on any atom is -0.497 e. The van der Waals surface area contributed by atoms with Gasteiger partial charge in [-0.2, -0.15) is 0 Å². The van der Waals surface area contributed by atoms with Crippen LogP contribution in [0.15, 0.2) is 36.0 Å². The van der Waals surface area contributed by atoms with E-state index >= 15 is 0 Å². The Morgan fingerprint density at radius 1 is 1.33 bits per heavy atom. The Hall–Kier alpha value is -1.55. The number of anilines is 1. The van der Waals surface area contributed by atoms with Crippen molar-refractivity contribution >= 4 is 17.0 Å². The van der Waals surface area contributed by atoms with Gasteiger partial charge in [0.2, 0.25) is 0 Å². The molecule has 0 bridgehead atoms. The molecule has 0 aliphatic rings. The van der Waals surface area contributed by atoms with Crippen LogP contribution in [0.3, 0.4) is 0 Å². The van der Waals surface area contributed by atoms with Crippen molar-refractivity contribution in [1.82, 2.24) is 4.98 Å². The van der Waals surface area contributed by atoms with Crippen molar-refractivity contribution in [2.75, 3.05) is 12.4 Å². The highest BCUT2D eigenvalue weighted by Crippen LogP contribution is 2.16. The van der Waals surface area contributed by atoms with Gasteiger partial charge in [-0.1, -0.05) is 0 Å². The van der Waals surface area contributed by atoms with Crippen molar-refractivity contribution in [2.24, 2.45) is 0 Å². The Kier molecular flexibility index (Phi) is 3.19. The van der Waals surface area contributed by atoms with Gasteiger partial charge in [0.1, 0.15) is 5.75 Å². The van der Waals surface area contributed by atoms with E-state index in [4.69, 9.17) is 4.74 Å². The van der Waals surface area contributed by atoms with Gasteiger partial charge >= 0.3 is 0 Å². The van der Waals surface area contributed by atoms with Crippen molar-refractivity contribution in [3.63, 3.8) is 0 Å². The first-order chi connectivity index (χ1) is 7.38. The molecule has 0 amide bonds. The minimum absolute atomic E-state index is 0.816. The van der Waals surface area contributed by atoms with Crippen LogP contribution in [-0.2, 0) is 6.54 Å². The van der Waals surface area contributed by atoms with Gasteiger partial charge in [-0.15, -0.1) is 11.3 Å². The molecular weight excluding hydrogens is 208 g/mol. The van der Waals surface area contributed by atoms with Crippen LogP contribution in [0.5, 0.6) is 5.75 Å². The largest absolute Gasteiger partial charge is 0.497 e.